The Morgan fingerprint density at radius 1 is 1.43 bits per heavy atom. The lowest BCUT2D eigenvalue weighted by molar-refractivity contribution is -0.144. The van der Waals surface area contributed by atoms with Gasteiger partial charge in [-0.2, -0.15) is 0 Å². The van der Waals surface area contributed by atoms with Crippen LogP contribution in [0.3, 0.4) is 0 Å². The molecule has 1 aliphatic rings. The molecule has 0 radical (unpaired) electrons. The second kappa shape index (κ2) is 3.80. The standard InChI is InChI=1S/C11H13NO2/c1-8-10(12-8)11(13)14-7-9-5-3-2-4-6-9/h2-6,8,10,12H,7H2,1H3/t8-,10+/m0/s1. The maximum absolute atomic E-state index is 11.3. The first-order valence-electron chi connectivity index (χ1n) is 4.74. The van der Waals surface area contributed by atoms with E-state index in [-0.39, 0.29) is 18.1 Å². The highest BCUT2D eigenvalue weighted by Crippen LogP contribution is 2.12. The van der Waals surface area contributed by atoms with Crippen LogP contribution in [0.4, 0.5) is 0 Å². The molecule has 3 heteroatoms. The van der Waals surface area contributed by atoms with Crippen molar-refractivity contribution in [2.75, 3.05) is 0 Å². The normalized spacial score (nSPS) is 24.4. The predicted octanol–water partition coefficient (Wildman–Crippen LogP) is 1.09. The van der Waals surface area contributed by atoms with Crippen molar-refractivity contribution in [3.8, 4) is 0 Å². The fourth-order valence-corrected chi connectivity index (χ4v) is 1.32. The van der Waals surface area contributed by atoms with E-state index in [0.717, 1.165) is 5.56 Å². The zero-order valence-corrected chi connectivity index (χ0v) is 8.07. The van der Waals surface area contributed by atoms with Crippen LogP contribution in [0.15, 0.2) is 30.3 Å². The molecule has 1 aromatic rings. The minimum atomic E-state index is -0.152. The Hall–Kier alpha value is -1.35. The maximum Gasteiger partial charge on any atom is 0.325 e. The molecule has 1 fully saturated rings. The van der Waals surface area contributed by atoms with Crippen LogP contribution in [-0.2, 0) is 16.1 Å². The zero-order chi connectivity index (χ0) is 9.97. The highest BCUT2D eigenvalue weighted by atomic mass is 16.5. The molecule has 1 heterocycles. The lowest BCUT2D eigenvalue weighted by Gasteiger charge is -2.02. The number of esters is 1. The molecular formula is C11H13NO2. The summed E-state index contributed by atoms with van der Waals surface area (Å²) in [6, 6.07) is 9.88. The van der Waals surface area contributed by atoms with E-state index in [4.69, 9.17) is 4.74 Å². The van der Waals surface area contributed by atoms with Crippen LogP contribution in [0.1, 0.15) is 12.5 Å². The number of carbonyl (C=O) groups excluding carboxylic acids is 1. The van der Waals surface area contributed by atoms with Gasteiger partial charge in [-0.05, 0) is 12.5 Å². The molecule has 0 aliphatic carbocycles. The van der Waals surface area contributed by atoms with Crippen LogP contribution in [0.5, 0.6) is 0 Å². The lowest BCUT2D eigenvalue weighted by Crippen LogP contribution is -2.14. The smallest absolute Gasteiger partial charge is 0.325 e. The van der Waals surface area contributed by atoms with Crippen molar-refractivity contribution in [1.82, 2.24) is 5.32 Å². The van der Waals surface area contributed by atoms with E-state index in [1.165, 1.54) is 0 Å². The summed E-state index contributed by atoms with van der Waals surface area (Å²) in [6.07, 6.45) is 0. The number of ether oxygens (including phenoxy) is 1. The number of rotatable bonds is 3. The molecule has 0 aromatic heterocycles. The molecule has 1 aromatic carbocycles. The van der Waals surface area contributed by atoms with Gasteiger partial charge in [0.05, 0.1) is 0 Å². The van der Waals surface area contributed by atoms with Gasteiger partial charge in [0.15, 0.2) is 0 Å². The number of benzene rings is 1. The average molecular weight is 191 g/mol. The molecule has 0 unspecified atom stereocenters. The summed E-state index contributed by atoms with van der Waals surface area (Å²) >= 11 is 0. The molecule has 1 saturated heterocycles. The maximum atomic E-state index is 11.3. The van der Waals surface area contributed by atoms with Gasteiger partial charge in [-0.3, -0.25) is 10.1 Å². The van der Waals surface area contributed by atoms with Crippen LogP contribution in [0.2, 0.25) is 0 Å². The van der Waals surface area contributed by atoms with E-state index >= 15 is 0 Å². The summed E-state index contributed by atoms with van der Waals surface area (Å²) < 4.78 is 5.12. The third-order valence-electron chi connectivity index (χ3n) is 2.31. The molecule has 3 nitrogen and oxygen atoms in total. The first kappa shape index (κ1) is 9.21. The van der Waals surface area contributed by atoms with Gasteiger partial charge in [0, 0.05) is 6.04 Å². The summed E-state index contributed by atoms with van der Waals surface area (Å²) in [4.78, 5) is 11.3. The first-order valence-corrected chi connectivity index (χ1v) is 4.74. The summed E-state index contributed by atoms with van der Waals surface area (Å²) in [7, 11) is 0. The lowest BCUT2D eigenvalue weighted by atomic mass is 10.2. The third-order valence-corrected chi connectivity index (χ3v) is 2.31. The number of hydrogen-bond acceptors (Lipinski definition) is 3. The molecule has 2 rings (SSSR count). The summed E-state index contributed by atoms with van der Waals surface area (Å²) in [5.74, 6) is -0.152. The Bertz CT molecular complexity index is 323. The first-order chi connectivity index (χ1) is 6.77. The quantitative estimate of drug-likeness (QED) is 0.574. The Kier molecular flexibility index (Phi) is 2.50. The van der Waals surface area contributed by atoms with Crippen LogP contribution >= 0.6 is 0 Å². The fraction of sp³-hybridized carbons (Fsp3) is 0.364. The largest absolute Gasteiger partial charge is 0.460 e. The Balaban J connectivity index is 1.80. The van der Waals surface area contributed by atoms with Crippen molar-refractivity contribution in [1.29, 1.82) is 0 Å². The number of hydrogen-bond donors (Lipinski definition) is 1. The Morgan fingerprint density at radius 3 is 2.64 bits per heavy atom. The summed E-state index contributed by atoms with van der Waals surface area (Å²) in [5, 5.41) is 2.99. The van der Waals surface area contributed by atoms with Crippen molar-refractivity contribution in [2.24, 2.45) is 0 Å². The van der Waals surface area contributed by atoms with Crippen molar-refractivity contribution >= 4 is 5.97 Å². The highest BCUT2D eigenvalue weighted by Gasteiger charge is 2.39. The monoisotopic (exact) mass is 191 g/mol. The Morgan fingerprint density at radius 2 is 2.07 bits per heavy atom. The third kappa shape index (κ3) is 2.12. The highest BCUT2D eigenvalue weighted by molar-refractivity contribution is 5.80. The van der Waals surface area contributed by atoms with Gasteiger partial charge < -0.3 is 4.74 Å². The predicted molar refractivity (Wildman–Crippen MR) is 52.6 cm³/mol. The number of carbonyl (C=O) groups is 1. The molecule has 74 valence electrons. The minimum Gasteiger partial charge on any atom is -0.460 e. The van der Waals surface area contributed by atoms with E-state index in [1.54, 1.807) is 0 Å². The number of nitrogens with one attached hydrogen (secondary N) is 1. The van der Waals surface area contributed by atoms with Crippen molar-refractivity contribution in [2.45, 2.75) is 25.6 Å². The van der Waals surface area contributed by atoms with E-state index in [0.29, 0.717) is 6.61 Å². The fourth-order valence-electron chi connectivity index (χ4n) is 1.32. The van der Waals surface area contributed by atoms with E-state index in [9.17, 15) is 4.79 Å². The molecule has 1 N–H and O–H groups in total. The van der Waals surface area contributed by atoms with Crippen molar-refractivity contribution < 1.29 is 9.53 Å². The van der Waals surface area contributed by atoms with Gasteiger partial charge in [0.1, 0.15) is 12.6 Å². The van der Waals surface area contributed by atoms with Crippen LogP contribution in [0.25, 0.3) is 0 Å². The summed E-state index contributed by atoms with van der Waals surface area (Å²) in [5.41, 5.74) is 1.02. The Labute approximate surface area is 83.1 Å². The van der Waals surface area contributed by atoms with Crippen LogP contribution in [-0.4, -0.2) is 18.1 Å². The zero-order valence-electron chi connectivity index (χ0n) is 8.07. The molecule has 0 amide bonds. The van der Waals surface area contributed by atoms with Gasteiger partial charge in [-0.15, -0.1) is 0 Å². The second-order valence-electron chi connectivity index (χ2n) is 3.53. The van der Waals surface area contributed by atoms with Crippen LogP contribution < -0.4 is 5.32 Å². The topological polar surface area (TPSA) is 48.2 Å². The van der Waals surface area contributed by atoms with Gasteiger partial charge in [0.25, 0.3) is 0 Å². The molecule has 0 spiro atoms. The van der Waals surface area contributed by atoms with E-state index in [1.807, 2.05) is 37.3 Å². The van der Waals surface area contributed by atoms with E-state index in [2.05, 4.69) is 5.32 Å². The average Bonchev–Trinajstić information content (AvgIpc) is 2.94. The molecule has 2 atom stereocenters. The second-order valence-corrected chi connectivity index (χ2v) is 3.53. The molecule has 14 heavy (non-hydrogen) atoms. The molecule has 0 saturated carbocycles. The minimum absolute atomic E-state index is 0.0845. The SMILES string of the molecule is C[C@@H]1N[C@H]1C(=O)OCc1ccccc1. The van der Waals surface area contributed by atoms with Crippen LogP contribution in [0, 0.1) is 0 Å². The van der Waals surface area contributed by atoms with Crippen molar-refractivity contribution in [3.63, 3.8) is 0 Å². The van der Waals surface area contributed by atoms with Gasteiger partial charge in [-0.1, -0.05) is 30.3 Å². The van der Waals surface area contributed by atoms with Gasteiger partial charge >= 0.3 is 5.97 Å². The molecular weight excluding hydrogens is 178 g/mol. The van der Waals surface area contributed by atoms with E-state index < -0.39 is 0 Å². The van der Waals surface area contributed by atoms with Gasteiger partial charge in [-0.25, -0.2) is 0 Å². The summed E-state index contributed by atoms with van der Waals surface area (Å²) in [6.45, 7) is 2.33. The molecule has 0 bridgehead atoms. The molecule has 1 aliphatic heterocycles. The van der Waals surface area contributed by atoms with Crippen molar-refractivity contribution in [3.05, 3.63) is 35.9 Å². The van der Waals surface area contributed by atoms with Gasteiger partial charge in [0.2, 0.25) is 0 Å².